The summed E-state index contributed by atoms with van der Waals surface area (Å²) >= 11 is 0. The Morgan fingerprint density at radius 1 is 0.935 bits per heavy atom. The van der Waals surface area contributed by atoms with E-state index in [0.717, 1.165) is 43.2 Å². The van der Waals surface area contributed by atoms with Crippen LogP contribution in [-0.4, -0.2) is 39.3 Å². The van der Waals surface area contributed by atoms with Crippen LogP contribution < -0.4 is 19.9 Å². The van der Waals surface area contributed by atoms with Crippen LogP contribution in [0, 0.1) is 0 Å². The van der Waals surface area contributed by atoms with E-state index in [0.29, 0.717) is 11.3 Å². The van der Waals surface area contributed by atoms with Crippen LogP contribution in [-0.2, 0) is 4.74 Å². The molecule has 1 amide bonds. The predicted molar refractivity (Wildman–Crippen MR) is 122 cm³/mol. The first-order chi connectivity index (χ1) is 15.3. The molecule has 2 aliphatic heterocycles. The molecule has 2 heterocycles. The van der Waals surface area contributed by atoms with Crippen LogP contribution in [0.5, 0.6) is 5.75 Å². The lowest BCUT2D eigenvalue weighted by Crippen LogP contribution is -2.43. The summed E-state index contributed by atoms with van der Waals surface area (Å²) < 4.78 is 11.0. The molecule has 0 aliphatic carbocycles. The number of nitrogens with one attached hydrogen (secondary N) is 1. The first-order valence-corrected chi connectivity index (χ1v) is 10.5. The minimum Gasteiger partial charge on any atom is -0.495 e. The third-order valence-electron chi connectivity index (χ3n) is 5.86. The highest BCUT2D eigenvalue weighted by Crippen LogP contribution is 2.40. The van der Waals surface area contributed by atoms with Gasteiger partial charge < -0.3 is 19.7 Å². The van der Waals surface area contributed by atoms with E-state index in [1.165, 1.54) is 5.69 Å². The fourth-order valence-electron chi connectivity index (χ4n) is 4.25. The number of amides is 1. The first kappa shape index (κ1) is 19.5. The maximum absolute atomic E-state index is 13.6. The standard InChI is InChI=1S/C25H25N3O3/c1-30-23-9-5-4-8-22(23)28-24(26-21-7-3-2-6-20(21)25(28)29)18-10-12-19(13-11-18)27-14-16-31-17-15-27/h2-13,24,26H,14-17H2,1H3/t24-/m0/s1. The first-order valence-electron chi connectivity index (χ1n) is 10.5. The fourth-order valence-corrected chi connectivity index (χ4v) is 4.25. The molecule has 6 nitrogen and oxygen atoms in total. The van der Waals surface area contributed by atoms with E-state index in [4.69, 9.17) is 9.47 Å². The molecule has 1 N–H and O–H groups in total. The number of benzene rings is 3. The Morgan fingerprint density at radius 2 is 1.65 bits per heavy atom. The molecule has 0 spiro atoms. The molecule has 1 saturated heterocycles. The second kappa shape index (κ2) is 8.32. The molecule has 0 saturated carbocycles. The van der Waals surface area contributed by atoms with Crippen molar-refractivity contribution >= 4 is 23.0 Å². The number of carbonyl (C=O) groups excluding carboxylic acids is 1. The van der Waals surface area contributed by atoms with Gasteiger partial charge in [-0.15, -0.1) is 0 Å². The van der Waals surface area contributed by atoms with Crippen LogP contribution in [0.4, 0.5) is 17.1 Å². The van der Waals surface area contributed by atoms with Crippen molar-refractivity contribution < 1.29 is 14.3 Å². The quantitative estimate of drug-likeness (QED) is 0.689. The molecule has 3 aromatic rings. The van der Waals surface area contributed by atoms with Gasteiger partial charge in [-0.2, -0.15) is 0 Å². The van der Waals surface area contributed by atoms with Gasteiger partial charge in [0.2, 0.25) is 0 Å². The van der Waals surface area contributed by atoms with Crippen LogP contribution in [0.25, 0.3) is 0 Å². The summed E-state index contributed by atoms with van der Waals surface area (Å²) in [4.78, 5) is 17.7. The average Bonchev–Trinajstić information content (AvgIpc) is 2.85. The highest BCUT2D eigenvalue weighted by molar-refractivity contribution is 6.12. The molecule has 1 fully saturated rings. The Bertz CT molecular complexity index is 1080. The number of morpholine rings is 1. The van der Waals surface area contributed by atoms with E-state index >= 15 is 0 Å². The van der Waals surface area contributed by atoms with Crippen LogP contribution in [0.2, 0.25) is 0 Å². The van der Waals surface area contributed by atoms with Crippen molar-refractivity contribution in [2.75, 3.05) is 48.5 Å². The third kappa shape index (κ3) is 3.59. The topological polar surface area (TPSA) is 54.0 Å². The van der Waals surface area contributed by atoms with E-state index in [9.17, 15) is 4.79 Å². The maximum atomic E-state index is 13.6. The van der Waals surface area contributed by atoms with Crippen LogP contribution >= 0.6 is 0 Å². The SMILES string of the molecule is COc1ccccc1N1C(=O)c2ccccc2N[C@@H]1c1ccc(N2CCOCC2)cc1. The van der Waals surface area contributed by atoms with Gasteiger partial charge >= 0.3 is 0 Å². The Labute approximate surface area is 182 Å². The minimum absolute atomic E-state index is 0.0545. The highest BCUT2D eigenvalue weighted by Gasteiger charge is 2.35. The van der Waals surface area contributed by atoms with Gasteiger partial charge in [0.25, 0.3) is 5.91 Å². The molecular formula is C25H25N3O3. The number of rotatable bonds is 4. The molecule has 2 aliphatic rings. The van der Waals surface area contributed by atoms with Gasteiger partial charge in [0, 0.05) is 24.5 Å². The number of fused-ring (bicyclic) bond motifs is 1. The van der Waals surface area contributed by atoms with Gasteiger partial charge in [-0.25, -0.2) is 0 Å². The summed E-state index contributed by atoms with van der Waals surface area (Å²) in [6, 6.07) is 23.7. The number of methoxy groups -OCH3 is 1. The Hall–Kier alpha value is -3.51. The maximum Gasteiger partial charge on any atom is 0.262 e. The summed E-state index contributed by atoms with van der Waals surface area (Å²) in [5.74, 6) is 0.605. The zero-order chi connectivity index (χ0) is 21.2. The van der Waals surface area contributed by atoms with Crippen LogP contribution in [0.15, 0.2) is 72.8 Å². The number of carbonyl (C=O) groups is 1. The van der Waals surface area contributed by atoms with Crippen LogP contribution in [0.1, 0.15) is 22.1 Å². The Balaban J connectivity index is 1.55. The molecule has 0 unspecified atom stereocenters. The van der Waals surface area contributed by atoms with Crippen molar-refractivity contribution in [1.82, 2.24) is 0 Å². The molecule has 31 heavy (non-hydrogen) atoms. The normalized spacial score (nSPS) is 18.4. The van der Waals surface area contributed by atoms with Crippen molar-refractivity contribution in [2.45, 2.75) is 6.17 Å². The number of anilines is 3. The van der Waals surface area contributed by atoms with Gasteiger partial charge in [-0.05, 0) is 42.0 Å². The zero-order valence-electron chi connectivity index (χ0n) is 17.5. The summed E-state index contributed by atoms with van der Waals surface area (Å²) in [5.41, 5.74) is 4.39. The zero-order valence-corrected chi connectivity index (χ0v) is 17.5. The second-order valence-corrected chi connectivity index (χ2v) is 7.63. The number of hydrogen-bond acceptors (Lipinski definition) is 5. The molecule has 6 heteroatoms. The van der Waals surface area contributed by atoms with E-state index < -0.39 is 0 Å². The third-order valence-corrected chi connectivity index (χ3v) is 5.86. The average molecular weight is 415 g/mol. The second-order valence-electron chi connectivity index (χ2n) is 7.63. The van der Waals surface area contributed by atoms with E-state index in [2.05, 4.69) is 34.5 Å². The van der Waals surface area contributed by atoms with Crippen molar-refractivity contribution in [1.29, 1.82) is 0 Å². The van der Waals surface area contributed by atoms with Crippen molar-refractivity contribution in [2.24, 2.45) is 0 Å². The van der Waals surface area contributed by atoms with Crippen molar-refractivity contribution in [3.8, 4) is 5.75 Å². The fraction of sp³-hybridized carbons (Fsp3) is 0.240. The number of para-hydroxylation sites is 3. The lowest BCUT2D eigenvalue weighted by molar-refractivity contribution is 0.0974. The minimum atomic E-state index is -0.350. The number of hydrogen-bond donors (Lipinski definition) is 1. The van der Waals surface area contributed by atoms with Gasteiger partial charge in [-0.3, -0.25) is 9.69 Å². The van der Waals surface area contributed by atoms with Gasteiger partial charge in [-0.1, -0.05) is 36.4 Å². The molecule has 1 atom stereocenters. The Morgan fingerprint density at radius 3 is 2.42 bits per heavy atom. The largest absolute Gasteiger partial charge is 0.495 e. The molecule has 0 radical (unpaired) electrons. The molecule has 0 aromatic heterocycles. The molecular weight excluding hydrogens is 390 g/mol. The summed E-state index contributed by atoms with van der Waals surface area (Å²) in [7, 11) is 1.63. The summed E-state index contributed by atoms with van der Waals surface area (Å²) in [6.45, 7) is 3.28. The number of nitrogens with zero attached hydrogens (tertiary/aromatic N) is 2. The smallest absolute Gasteiger partial charge is 0.262 e. The lowest BCUT2D eigenvalue weighted by atomic mass is 10.0. The summed E-state index contributed by atoms with van der Waals surface area (Å²) in [6.07, 6.45) is -0.350. The van der Waals surface area contributed by atoms with Gasteiger partial charge in [0.15, 0.2) is 0 Å². The van der Waals surface area contributed by atoms with E-state index in [1.807, 2.05) is 48.5 Å². The monoisotopic (exact) mass is 415 g/mol. The highest BCUT2D eigenvalue weighted by atomic mass is 16.5. The Kier molecular flexibility index (Phi) is 5.22. The van der Waals surface area contributed by atoms with E-state index in [1.54, 1.807) is 12.0 Å². The van der Waals surface area contributed by atoms with Crippen LogP contribution in [0.3, 0.4) is 0 Å². The van der Waals surface area contributed by atoms with Crippen molar-refractivity contribution in [3.63, 3.8) is 0 Å². The molecule has 158 valence electrons. The van der Waals surface area contributed by atoms with Gasteiger partial charge in [0.1, 0.15) is 11.9 Å². The molecule has 0 bridgehead atoms. The molecule has 3 aromatic carbocycles. The lowest BCUT2D eigenvalue weighted by Gasteiger charge is -2.38. The predicted octanol–water partition coefficient (Wildman–Crippen LogP) is 4.30. The van der Waals surface area contributed by atoms with Crippen molar-refractivity contribution in [3.05, 3.63) is 83.9 Å². The number of ether oxygens (including phenoxy) is 2. The van der Waals surface area contributed by atoms with E-state index in [-0.39, 0.29) is 12.1 Å². The van der Waals surface area contributed by atoms with Gasteiger partial charge in [0.05, 0.1) is 31.6 Å². The molecule has 5 rings (SSSR count). The summed E-state index contributed by atoms with van der Waals surface area (Å²) in [5, 5.41) is 3.56.